The van der Waals surface area contributed by atoms with Gasteiger partial charge in [0.2, 0.25) is 0 Å². The van der Waals surface area contributed by atoms with E-state index in [0.717, 1.165) is 24.1 Å². The van der Waals surface area contributed by atoms with Crippen molar-refractivity contribution in [1.29, 1.82) is 0 Å². The molecule has 0 atom stereocenters. The first-order chi connectivity index (χ1) is 8.31. The van der Waals surface area contributed by atoms with Crippen LogP contribution in [0.2, 0.25) is 0 Å². The van der Waals surface area contributed by atoms with Crippen molar-refractivity contribution in [2.24, 2.45) is 4.99 Å². The molecule has 0 unspecified atom stereocenters. The van der Waals surface area contributed by atoms with Crippen LogP contribution in [-0.4, -0.2) is 12.1 Å². The number of halogens is 3. The first-order valence-electron chi connectivity index (χ1n) is 5.72. The number of ether oxygens (including phenoxy) is 1. The molecular weight excluding hydrogens is 243 g/mol. The second-order valence-corrected chi connectivity index (χ2v) is 4.09. The van der Waals surface area contributed by atoms with E-state index in [9.17, 15) is 13.2 Å². The Morgan fingerprint density at radius 2 is 2.00 bits per heavy atom. The minimum Gasteiger partial charge on any atom is -0.406 e. The lowest BCUT2D eigenvalue weighted by Crippen LogP contribution is -2.17. The summed E-state index contributed by atoms with van der Waals surface area (Å²) < 4.78 is 40.2. The highest BCUT2D eigenvalue weighted by Gasteiger charge is 2.31. The van der Waals surface area contributed by atoms with E-state index < -0.39 is 6.36 Å². The van der Waals surface area contributed by atoms with Gasteiger partial charge >= 0.3 is 6.36 Å². The van der Waals surface area contributed by atoms with Gasteiger partial charge in [-0.25, -0.2) is 0 Å². The van der Waals surface area contributed by atoms with E-state index in [2.05, 4.69) is 9.73 Å². The van der Waals surface area contributed by atoms with Crippen LogP contribution in [0.25, 0.3) is 0 Å². The molecule has 18 heavy (non-hydrogen) atoms. The summed E-state index contributed by atoms with van der Waals surface area (Å²) in [6.07, 6.45) is -2.90. The third kappa shape index (κ3) is 4.77. The van der Waals surface area contributed by atoms with Gasteiger partial charge in [0.05, 0.1) is 5.69 Å². The molecule has 0 saturated heterocycles. The quantitative estimate of drug-likeness (QED) is 0.712. The van der Waals surface area contributed by atoms with Crippen LogP contribution in [-0.2, 0) is 0 Å². The second-order valence-electron chi connectivity index (χ2n) is 4.09. The van der Waals surface area contributed by atoms with Crippen molar-refractivity contribution in [2.45, 2.75) is 40.0 Å². The fourth-order valence-electron chi connectivity index (χ4n) is 1.53. The molecule has 100 valence electrons. The minimum absolute atomic E-state index is 0.240. The molecule has 0 aliphatic rings. The molecule has 0 amide bonds. The first kappa shape index (κ1) is 14.5. The predicted octanol–water partition coefficient (Wildman–Crippen LogP) is 4.79. The van der Waals surface area contributed by atoms with Crippen LogP contribution in [0.5, 0.6) is 5.75 Å². The number of aliphatic imine (C=N–C) groups is 1. The molecule has 0 radical (unpaired) electrons. The third-order valence-corrected chi connectivity index (χ3v) is 2.34. The predicted molar refractivity (Wildman–Crippen MR) is 65.5 cm³/mol. The van der Waals surface area contributed by atoms with Crippen molar-refractivity contribution in [3.63, 3.8) is 0 Å². The van der Waals surface area contributed by atoms with E-state index in [1.54, 1.807) is 13.0 Å². The Hall–Kier alpha value is -1.52. The van der Waals surface area contributed by atoms with Gasteiger partial charge < -0.3 is 4.74 Å². The molecular formula is C13H16F3NO. The molecule has 0 fully saturated rings. The van der Waals surface area contributed by atoms with Crippen LogP contribution in [0.15, 0.2) is 23.2 Å². The summed E-state index contributed by atoms with van der Waals surface area (Å²) in [5.74, 6) is -0.240. The lowest BCUT2D eigenvalue weighted by molar-refractivity contribution is -0.274. The Labute approximate surface area is 104 Å². The summed E-state index contributed by atoms with van der Waals surface area (Å²) in [5.41, 5.74) is 2.23. The monoisotopic (exact) mass is 259 g/mol. The summed E-state index contributed by atoms with van der Waals surface area (Å²) in [5, 5.41) is 0. The first-order valence-corrected chi connectivity index (χ1v) is 5.72. The van der Waals surface area contributed by atoms with Crippen LogP contribution < -0.4 is 4.74 Å². The van der Waals surface area contributed by atoms with Crippen molar-refractivity contribution < 1.29 is 17.9 Å². The van der Waals surface area contributed by atoms with E-state index in [1.165, 1.54) is 12.1 Å². The fourth-order valence-corrected chi connectivity index (χ4v) is 1.53. The second kappa shape index (κ2) is 5.89. The molecule has 2 nitrogen and oxygen atoms in total. The molecule has 0 saturated carbocycles. The maximum Gasteiger partial charge on any atom is 0.573 e. The average Bonchev–Trinajstić information content (AvgIpc) is 2.21. The van der Waals surface area contributed by atoms with Crippen molar-refractivity contribution in [2.75, 3.05) is 0 Å². The van der Waals surface area contributed by atoms with Crippen LogP contribution in [0.1, 0.15) is 32.3 Å². The number of aryl methyl sites for hydroxylation is 1. The molecule has 0 bridgehead atoms. The van der Waals surface area contributed by atoms with Crippen molar-refractivity contribution >= 4 is 11.4 Å². The van der Waals surface area contributed by atoms with Gasteiger partial charge in [-0.3, -0.25) is 4.99 Å². The highest BCUT2D eigenvalue weighted by Crippen LogP contribution is 2.29. The van der Waals surface area contributed by atoms with Gasteiger partial charge in [0.25, 0.3) is 0 Å². The Balaban J connectivity index is 2.98. The van der Waals surface area contributed by atoms with Crippen LogP contribution in [0, 0.1) is 6.92 Å². The number of hydrogen-bond acceptors (Lipinski definition) is 2. The molecule has 1 rings (SSSR count). The lowest BCUT2D eigenvalue weighted by atomic mass is 10.2. The fraction of sp³-hybridized carbons (Fsp3) is 0.462. The Morgan fingerprint density at radius 3 is 2.56 bits per heavy atom. The van der Waals surface area contributed by atoms with Crippen LogP contribution in [0.4, 0.5) is 18.9 Å². The topological polar surface area (TPSA) is 21.6 Å². The van der Waals surface area contributed by atoms with Gasteiger partial charge in [0.1, 0.15) is 5.75 Å². The summed E-state index contributed by atoms with van der Waals surface area (Å²) >= 11 is 0. The molecule has 0 aromatic heterocycles. The maximum absolute atomic E-state index is 12.1. The summed E-state index contributed by atoms with van der Waals surface area (Å²) in [6.45, 7) is 5.69. The molecule has 0 aliphatic heterocycles. The van der Waals surface area contributed by atoms with Crippen molar-refractivity contribution in [3.8, 4) is 5.75 Å². The van der Waals surface area contributed by atoms with Gasteiger partial charge in [-0.15, -0.1) is 13.2 Å². The zero-order valence-corrected chi connectivity index (χ0v) is 10.6. The van der Waals surface area contributed by atoms with E-state index in [1.807, 2.05) is 13.8 Å². The van der Waals surface area contributed by atoms with Crippen molar-refractivity contribution in [1.82, 2.24) is 0 Å². The van der Waals surface area contributed by atoms with Gasteiger partial charge in [0.15, 0.2) is 0 Å². The van der Waals surface area contributed by atoms with Crippen LogP contribution in [0.3, 0.4) is 0 Å². The van der Waals surface area contributed by atoms with E-state index >= 15 is 0 Å². The standard InChI is InChI=1S/C13H16F3NO/c1-4-5-10(3)17-12-8-11(7-6-9(12)2)18-13(14,15)16/h6-8H,4-5H2,1-3H3/b17-10-. The van der Waals surface area contributed by atoms with Gasteiger partial charge in [-0.2, -0.15) is 0 Å². The molecule has 5 heteroatoms. The molecule has 0 N–H and O–H groups in total. The van der Waals surface area contributed by atoms with E-state index in [0.29, 0.717) is 5.69 Å². The molecule has 0 heterocycles. The summed E-state index contributed by atoms with van der Waals surface area (Å²) in [7, 11) is 0. The highest BCUT2D eigenvalue weighted by molar-refractivity contribution is 5.85. The third-order valence-electron chi connectivity index (χ3n) is 2.34. The van der Waals surface area contributed by atoms with E-state index in [4.69, 9.17) is 0 Å². The Kier molecular flexibility index (Phi) is 4.76. The highest BCUT2D eigenvalue weighted by atomic mass is 19.4. The number of nitrogens with zero attached hydrogens (tertiary/aromatic N) is 1. The van der Waals surface area contributed by atoms with Crippen molar-refractivity contribution in [3.05, 3.63) is 23.8 Å². The number of hydrogen-bond donors (Lipinski definition) is 0. The summed E-state index contributed by atoms with van der Waals surface area (Å²) in [6, 6.07) is 4.16. The number of benzene rings is 1. The van der Waals surface area contributed by atoms with Crippen LogP contribution >= 0.6 is 0 Å². The minimum atomic E-state index is -4.67. The SMILES string of the molecule is CCC/C(C)=N\c1cc(OC(F)(F)F)ccc1C. The average molecular weight is 259 g/mol. The summed E-state index contributed by atoms with van der Waals surface area (Å²) in [4.78, 5) is 4.31. The molecule has 0 aliphatic carbocycles. The Bertz CT molecular complexity index is 438. The molecule has 1 aromatic rings. The van der Waals surface area contributed by atoms with Gasteiger partial charge in [-0.05, 0) is 31.9 Å². The number of alkyl halides is 3. The van der Waals surface area contributed by atoms with Gasteiger partial charge in [-0.1, -0.05) is 19.4 Å². The number of rotatable bonds is 4. The smallest absolute Gasteiger partial charge is 0.406 e. The zero-order chi connectivity index (χ0) is 13.8. The van der Waals surface area contributed by atoms with Gasteiger partial charge in [0, 0.05) is 11.8 Å². The Morgan fingerprint density at radius 1 is 1.33 bits per heavy atom. The zero-order valence-electron chi connectivity index (χ0n) is 10.6. The lowest BCUT2D eigenvalue weighted by Gasteiger charge is -2.10. The molecule has 1 aromatic carbocycles. The molecule has 0 spiro atoms. The maximum atomic E-state index is 12.1. The largest absolute Gasteiger partial charge is 0.573 e. The normalized spacial score (nSPS) is 12.7. The van der Waals surface area contributed by atoms with E-state index in [-0.39, 0.29) is 5.75 Å².